The lowest BCUT2D eigenvalue weighted by atomic mass is 10.1. The normalized spacial score (nSPS) is 11.4. The molecule has 0 radical (unpaired) electrons. The average Bonchev–Trinajstić information content (AvgIpc) is 3.60. The SMILES string of the molecule is Cc1ccc(-c2nc3nnc(-c4cc(-c5ccon5)n(Cc5ccccc5F)n4)nc3o2)cc1. The molecule has 166 valence electrons. The van der Waals surface area contributed by atoms with E-state index < -0.39 is 0 Å². The Kier molecular flexibility index (Phi) is 4.69. The molecule has 0 saturated carbocycles. The van der Waals surface area contributed by atoms with Crippen LogP contribution >= 0.6 is 0 Å². The molecule has 0 aliphatic rings. The predicted octanol–water partition coefficient (Wildman–Crippen LogP) is 4.69. The van der Waals surface area contributed by atoms with Gasteiger partial charge in [-0.25, -0.2) is 4.39 Å². The van der Waals surface area contributed by atoms with Crippen LogP contribution in [0, 0.1) is 12.7 Å². The van der Waals surface area contributed by atoms with Gasteiger partial charge < -0.3 is 8.94 Å². The average molecular weight is 453 g/mol. The summed E-state index contributed by atoms with van der Waals surface area (Å²) in [4.78, 5) is 8.86. The van der Waals surface area contributed by atoms with Gasteiger partial charge in [-0.15, -0.1) is 10.2 Å². The molecule has 9 nitrogen and oxygen atoms in total. The van der Waals surface area contributed by atoms with E-state index in [1.54, 1.807) is 35.0 Å². The molecular weight excluding hydrogens is 437 g/mol. The van der Waals surface area contributed by atoms with Gasteiger partial charge in [-0.3, -0.25) is 4.68 Å². The molecule has 34 heavy (non-hydrogen) atoms. The molecule has 2 aromatic carbocycles. The van der Waals surface area contributed by atoms with E-state index >= 15 is 0 Å². The third kappa shape index (κ3) is 3.60. The molecule has 0 bridgehead atoms. The van der Waals surface area contributed by atoms with Gasteiger partial charge in [-0.2, -0.15) is 15.1 Å². The summed E-state index contributed by atoms with van der Waals surface area (Å²) in [5.74, 6) is 0.328. The minimum Gasteiger partial charge on any atom is -0.416 e. The number of hydrogen-bond donors (Lipinski definition) is 0. The molecule has 4 aromatic heterocycles. The van der Waals surface area contributed by atoms with Crippen LogP contribution < -0.4 is 0 Å². The number of halogens is 1. The Morgan fingerprint density at radius 3 is 2.59 bits per heavy atom. The van der Waals surface area contributed by atoms with Crippen molar-refractivity contribution < 1.29 is 13.3 Å². The van der Waals surface area contributed by atoms with Gasteiger partial charge in [0.15, 0.2) is 0 Å². The lowest BCUT2D eigenvalue weighted by Crippen LogP contribution is -2.06. The minimum absolute atomic E-state index is 0.185. The van der Waals surface area contributed by atoms with Crippen molar-refractivity contribution in [2.24, 2.45) is 0 Å². The number of benzene rings is 2. The lowest BCUT2D eigenvalue weighted by molar-refractivity contribution is 0.421. The number of aromatic nitrogens is 7. The highest BCUT2D eigenvalue weighted by atomic mass is 19.1. The number of rotatable bonds is 5. The maximum Gasteiger partial charge on any atom is 0.270 e. The fraction of sp³-hybridized carbons (Fsp3) is 0.0833. The highest BCUT2D eigenvalue weighted by Crippen LogP contribution is 2.27. The second-order valence-electron chi connectivity index (χ2n) is 7.70. The van der Waals surface area contributed by atoms with Gasteiger partial charge in [0.05, 0.1) is 12.2 Å². The Balaban J connectivity index is 1.41. The van der Waals surface area contributed by atoms with E-state index in [0.29, 0.717) is 34.2 Å². The van der Waals surface area contributed by atoms with E-state index in [1.807, 2.05) is 31.2 Å². The third-order valence-corrected chi connectivity index (χ3v) is 5.32. The number of fused-ring (bicyclic) bond motifs is 1. The maximum absolute atomic E-state index is 14.3. The summed E-state index contributed by atoms with van der Waals surface area (Å²) in [7, 11) is 0. The summed E-state index contributed by atoms with van der Waals surface area (Å²) in [6.07, 6.45) is 1.46. The van der Waals surface area contributed by atoms with Crippen molar-refractivity contribution in [3.05, 3.63) is 83.9 Å². The number of aryl methyl sites for hydroxylation is 1. The second kappa shape index (κ2) is 8.00. The van der Waals surface area contributed by atoms with Gasteiger partial charge in [-0.05, 0) is 31.2 Å². The molecule has 0 fully saturated rings. The molecule has 6 rings (SSSR count). The molecule has 0 unspecified atom stereocenters. The zero-order valence-electron chi connectivity index (χ0n) is 17.9. The predicted molar refractivity (Wildman–Crippen MR) is 120 cm³/mol. The van der Waals surface area contributed by atoms with Crippen LogP contribution in [-0.4, -0.2) is 35.1 Å². The van der Waals surface area contributed by atoms with Crippen molar-refractivity contribution in [3.63, 3.8) is 0 Å². The topological polar surface area (TPSA) is 109 Å². The number of oxazole rings is 1. The highest BCUT2D eigenvalue weighted by Gasteiger charge is 2.19. The standard InChI is InChI=1S/C24H16FN7O2/c1-14-6-8-15(9-7-14)23-27-22-24(34-23)26-21(28-29-22)19-12-20(18-10-11-33-31-18)32(30-19)13-16-4-2-3-5-17(16)25/h2-12H,13H2,1H3. The summed E-state index contributed by atoms with van der Waals surface area (Å²) in [5.41, 5.74) is 4.56. The fourth-order valence-corrected chi connectivity index (χ4v) is 3.57. The molecule has 0 saturated heterocycles. The monoisotopic (exact) mass is 453 g/mol. The van der Waals surface area contributed by atoms with Crippen LogP contribution in [0.2, 0.25) is 0 Å². The van der Waals surface area contributed by atoms with Crippen LogP contribution in [0.1, 0.15) is 11.1 Å². The van der Waals surface area contributed by atoms with Gasteiger partial charge in [0.25, 0.3) is 5.71 Å². The van der Waals surface area contributed by atoms with Crippen LogP contribution in [0.25, 0.3) is 45.7 Å². The van der Waals surface area contributed by atoms with Crippen LogP contribution in [0.3, 0.4) is 0 Å². The van der Waals surface area contributed by atoms with E-state index in [0.717, 1.165) is 11.1 Å². The Morgan fingerprint density at radius 1 is 0.941 bits per heavy atom. The van der Waals surface area contributed by atoms with Gasteiger partial charge in [0, 0.05) is 17.2 Å². The van der Waals surface area contributed by atoms with Crippen molar-refractivity contribution in [2.75, 3.05) is 0 Å². The zero-order chi connectivity index (χ0) is 23.1. The van der Waals surface area contributed by atoms with E-state index in [1.165, 1.54) is 12.3 Å². The molecule has 0 spiro atoms. The quantitative estimate of drug-likeness (QED) is 0.370. The maximum atomic E-state index is 14.3. The smallest absolute Gasteiger partial charge is 0.270 e. The molecule has 0 aliphatic carbocycles. The summed E-state index contributed by atoms with van der Waals surface area (Å²) in [6.45, 7) is 2.19. The first-order valence-corrected chi connectivity index (χ1v) is 10.4. The van der Waals surface area contributed by atoms with Crippen LogP contribution in [0.4, 0.5) is 4.39 Å². The van der Waals surface area contributed by atoms with E-state index in [2.05, 4.69) is 30.4 Å². The Morgan fingerprint density at radius 2 is 1.79 bits per heavy atom. The van der Waals surface area contributed by atoms with Crippen molar-refractivity contribution in [1.82, 2.24) is 35.1 Å². The Bertz CT molecular complexity index is 1600. The van der Waals surface area contributed by atoms with Crippen LogP contribution in [-0.2, 0) is 6.54 Å². The van der Waals surface area contributed by atoms with E-state index in [4.69, 9.17) is 8.94 Å². The Labute approximate surface area is 191 Å². The fourth-order valence-electron chi connectivity index (χ4n) is 3.57. The molecule has 6 aromatic rings. The lowest BCUT2D eigenvalue weighted by Gasteiger charge is -2.06. The van der Waals surface area contributed by atoms with Gasteiger partial charge in [0.1, 0.15) is 23.5 Å². The molecule has 10 heteroatoms. The molecule has 0 N–H and O–H groups in total. The summed E-state index contributed by atoms with van der Waals surface area (Å²) < 4.78 is 26.7. The van der Waals surface area contributed by atoms with Crippen LogP contribution in [0.15, 0.2) is 75.9 Å². The van der Waals surface area contributed by atoms with Gasteiger partial charge in [-0.1, -0.05) is 41.1 Å². The summed E-state index contributed by atoms with van der Waals surface area (Å²) >= 11 is 0. The number of nitrogens with zero attached hydrogens (tertiary/aromatic N) is 7. The zero-order valence-corrected chi connectivity index (χ0v) is 17.9. The third-order valence-electron chi connectivity index (χ3n) is 5.32. The number of hydrogen-bond acceptors (Lipinski definition) is 8. The molecule has 4 heterocycles. The molecule has 0 amide bonds. The first-order chi connectivity index (χ1) is 16.6. The van der Waals surface area contributed by atoms with Crippen molar-refractivity contribution in [1.29, 1.82) is 0 Å². The second-order valence-corrected chi connectivity index (χ2v) is 7.70. The van der Waals surface area contributed by atoms with Gasteiger partial charge >= 0.3 is 0 Å². The summed E-state index contributed by atoms with van der Waals surface area (Å²) in [5, 5.41) is 16.9. The van der Waals surface area contributed by atoms with E-state index in [9.17, 15) is 4.39 Å². The molecule has 0 aliphatic heterocycles. The first kappa shape index (κ1) is 19.9. The van der Waals surface area contributed by atoms with Crippen LogP contribution in [0.5, 0.6) is 0 Å². The van der Waals surface area contributed by atoms with Crippen molar-refractivity contribution >= 4 is 11.4 Å². The largest absolute Gasteiger partial charge is 0.416 e. The highest BCUT2D eigenvalue weighted by molar-refractivity contribution is 5.71. The van der Waals surface area contributed by atoms with Crippen molar-refractivity contribution in [2.45, 2.75) is 13.5 Å². The van der Waals surface area contributed by atoms with Gasteiger partial charge in [0.2, 0.25) is 17.4 Å². The Hall–Kier alpha value is -4.73. The van der Waals surface area contributed by atoms with E-state index in [-0.39, 0.29) is 23.9 Å². The summed E-state index contributed by atoms with van der Waals surface area (Å²) in [6, 6.07) is 17.8. The minimum atomic E-state index is -0.324. The molecular formula is C24H16FN7O2. The first-order valence-electron chi connectivity index (χ1n) is 10.4. The molecule has 0 atom stereocenters. The van der Waals surface area contributed by atoms with Crippen molar-refractivity contribution in [3.8, 4) is 34.4 Å².